The van der Waals surface area contributed by atoms with Crippen molar-refractivity contribution >= 4 is 0 Å². The van der Waals surface area contributed by atoms with Gasteiger partial charge in [0.15, 0.2) is 11.6 Å². The molecule has 1 nitrogen and oxygen atoms in total. The average molecular weight is 226 g/mol. The molecule has 2 unspecified atom stereocenters. The van der Waals surface area contributed by atoms with Gasteiger partial charge >= 0.3 is 0 Å². The van der Waals surface area contributed by atoms with Crippen molar-refractivity contribution in [2.45, 2.75) is 38.2 Å². The SMILES string of the molecule is CCC1CCC(O)(c2cccc(F)c2F)C1. The van der Waals surface area contributed by atoms with Crippen molar-refractivity contribution in [2.24, 2.45) is 5.92 Å². The molecule has 1 aliphatic carbocycles. The van der Waals surface area contributed by atoms with Crippen LogP contribution in [0.2, 0.25) is 0 Å². The fraction of sp³-hybridized carbons (Fsp3) is 0.538. The van der Waals surface area contributed by atoms with Crippen LogP contribution >= 0.6 is 0 Å². The summed E-state index contributed by atoms with van der Waals surface area (Å²) in [6.45, 7) is 2.05. The molecule has 1 saturated carbocycles. The first-order chi connectivity index (χ1) is 7.57. The van der Waals surface area contributed by atoms with Crippen LogP contribution in [0.3, 0.4) is 0 Å². The summed E-state index contributed by atoms with van der Waals surface area (Å²) < 4.78 is 26.7. The Morgan fingerprint density at radius 3 is 2.81 bits per heavy atom. The molecule has 2 rings (SSSR count). The lowest BCUT2D eigenvalue weighted by Crippen LogP contribution is -2.23. The van der Waals surface area contributed by atoms with E-state index in [0.717, 1.165) is 18.9 Å². The smallest absolute Gasteiger partial charge is 0.164 e. The zero-order chi connectivity index (χ0) is 11.8. The third-order valence-electron chi connectivity index (χ3n) is 3.62. The zero-order valence-electron chi connectivity index (χ0n) is 9.34. The number of hydrogen-bond donors (Lipinski definition) is 1. The average Bonchev–Trinajstić information content (AvgIpc) is 2.65. The lowest BCUT2D eigenvalue weighted by Gasteiger charge is -2.24. The minimum absolute atomic E-state index is 0.114. The monoisotopic (exact) mass is 226 g/mol. The van der Waals surface area contributed by atoms with Crippen LogP contribution in [0.1, 0.15) is 38.2 Å². The van der Waals surface area contributed by atoms with E-state index in [-0.39, 0.29) is 5.56 Å². The lowest BCUT2D eigenvalue weighted by atomic mass is 9.90. The van der Waals surface area contributed by atoms with E-state index < -0.39 is 17.2 Å². The second-order valence-corrected chi connectivity index (χ2v) is 4.65. The minimum Gasteiger partial charge on any atom is -0.385 e. The van der Waals surface area contributed by atoms with E-state index >= 15 is 0 Å². The fourth-order valence-electron chi connectivity index (χ4n) is 2.58. The molecular formula is C13H16F2O. The number of aliphatic hydroxyl groups is 1. The Labute approximate surface area is 94.1 Å². The summed E-state index contributed by atoms with van der Waals surface area (Å²) in [6, 6.07) is 4.01. The van der Waals surface area contributed by atoms with E-state index in [2.05, 4.69) is 6.92 Å². The van der Waals surface area contributed by atoms with Crippen molar-refractivity contribution in [2.75, 3.05) is 0 Å². The van der Waals surface area contributed by atoms with Crippen LogP contribution in [-0.2, 0) is 5.60 Å². The van der Waals surface area contributed by atoms with Gasteiger partial charge in [-0.05, 0) is 31.2 Å². The number of halogens is 2. The maximum atomic E-state index is 13.6. The molecule has 1 fully saturated rings. The molecular weight excluding hydrogens is 210 g/mol. The Hall–Kier alpha value is -0.960. The van der Waals surface area contributed by atoms with Crippen molar-refractivity contribution < 1.29 is 13.9 Å². The lowest BCUT2D eigenvalue weighted by molar-refractivity contribution is 0.0355. The number of rotatable bonds is 2. The molecule has 1 N–H and O–H groups in total. The minimum atomic E-state index is -1.17. The normalized spacial score (nSPS) is 29.6. The van der Waals surface area contributed by atoms with Gasteiger partial charge in [0.2, 0.25) is 0 Å². The summed E-state index contributed by atoms with van der Waals surface area (Å²) in [4.78, 5) is 0. The fourth-order valence-corrected chi connectivity index (χ4v) is 2.58. The molecule has 0 amide bonds. The van der Waals surface area contributed by atoms with Crippen LogP contribution in [0.25, 0.3) is 0 Å². The van der Waals surface area contributed by atoms with Crippen molar-refractivity contribution in [1.29, 1.82) is 0 Å². The molecule has 0 saturated heterocycles. The molecule has 1 aromatic carbocycles. The second-order valence-electron chi connectivity index (χ2n) is 4.65. The van der Waals surface area contributed by atoms with Crippen LogP contribution < -0.4 is 0 Å². The quantitative estimate of drug-likeness (QED) is 0.819. The predicted octanol–water partition coefficient (Wildman–Crippen LogP) is 3.36. The Morgan fingerprint density at radius 2 is 2.19 bits per heavy atom. The largest absolute Gasteiger partial charge is 0.385 e. The van der Waals surface area contributed by atoms with Gasteiger partial charge in [0.25, 0.3) is 0 Å². The highest BCUT2D eigenvalue weighted by Gasteiger charge is 2.40. The van der Waals surface area contributed by atoms with Crippen LogP contribution in [0.5, 0.6) is 0 Å². The predicted molar refractivity (Wildman–Crippen MR) is 57.9 cm³/mol. The molecule has 1 aliphatic rings. The van der Waals surface area contributed by atoms with E-state index in [9.17, 15) is 13.9 Å². The molecule has 0 bridgehead atoms. The van der Waals surface area contributed by atoms with Crippen LogP contribution in [0, 0.1) is 17.6 Å². The second kappa shape index (κ2) is 4.13. The van der Waals surface area contributed by atoms with Crippen molar-refractivity contribution in [3.05, 3.63) is 35.4 Å². The summed E-state index contributed by atoms with van der Waals surface area (Å²) in [5.41, 5.74) is -1.06. The van der Waals surface area contributed by atoms with Gasteiger partial charge in [0.1, 0.15) is 0 Å². The molecule has 0 heterocycles. The van der Waals surface area contributed by atoms with E-state index in [1.807, 2.05) is 0 Å². The molecule has 0 radical (unpaired) electrons. The highest BCUT2D eigenvalue weighted by Crippen LogP contribution is 2.44. The van der Waals surface area contributed by atoms with Gasteiger partial charge in [-0.1, -0.05) is 25.5 Å². The van der Waals surface area contributed by atoms with E-state index in [1.165, 1.54) is 12.1 Å². The summed E-state index contributed by atoms with van der Waals surface area (Å²) in [5.74, 6) is -1.37. The van der Waals surface area contributed by atoms with Gasteiger partial charge in [-0.15, -0.1) is 0 Å². The Bertz CT molecular complexity index is 392. The molecule has 0 spiro atoms. The van der Waals surface area contributed by atoms with Gasteiger partial charge in [0, 0.05) is 5.56 Å². The summed E-state index contributed by atoms with van der Waals surface area (Å²) in [6.07, 6.45) is 2.90. The summed E-state index contributed by atoms with van der Waals surface area (Å²) >= 11 is 0. The Morgan fingerprint density at radius 1 is 1.44 bits per heavy atom. The first-order valence-electron chi connectivity index (χ1n) is 5.73. The van der Waals surface area contributed by atoms with E-state index in [4.69, 9.17) is 0 Å². The van der Waals surface area contributed by atoms with Crippen LogP contribution in [-0.4, -0.2) is 5.11 Å². The van der Waals surface area contributed by atoms with Crippen molar-refractivity contribution in [3.8, 4) is 0 Å². The highest BCUT2D eigenvalue weighted by molar-refractivity contribution is 5.26. The topological polar surface area (TPSA) is 20.2 Å². The maximum absolute atomic E-state index is 13.6. The first-order valence-corrected chi connectivity index (χ1v) is 5.73. The highest BCUT2D eigenvalue weighted by atomic mass is 19.2. The molecule has 0 aliphatic heterocycles. The van der Waals surface area contributed by atoms with E-state index in [1.54, 1.807) is 0 Å². The molecule has 3 heteroatoms. The van der Waals surface area contributed by atoms with Gasteiger partial charge < -0.3 is 5.11 Å². The van der Waals surface area contributed by atoms with E-state index in [0.29, 0.717) is 18.8 Å². The molecule has 88 valence electrons. The summed E-state index contributed by atoms with van der Waals surface area (Å²) in [5, 5.41) is 10.4. The van der Waals surface area contributed by atoms with Gasteiger partial charge in [-0.25, -0.2) is 8.78 Å². The van der Waals surface area contributed by atoms with Gasteiger partial charge in [0.05, 0.1) is 5.60 Å². The Kier molecular flexibility index (Phi) is 2.98. The molecule has 0 aromatic heterocycles. The molecule has 1 aromatic rings. The third kappa shape index (κ3) is 1.84. The van der Waals surface area contributed by atoms with Crippen LogP contribution in [0.15, 0.2) is 18.2 Å². The Balaban J connectivity index is 2.34. The van der Waals surface area contributed by atoms with Crippen molar-refractivity contribution in [3.63, 3.8) is 0 Å². The molecule has 2 atom stereocenters. The number of hydrogen-bond acceptors (Lipinski definition) is 1. The molecule has 16 heavy (non-hydrogen) atoms. The van der Waals surface area contributed by atoms with Gasteiger partial charge in [-0.3, -0.25) is 0 Å². The maximum Gasteiger partial charge on any atom is 0.164 e. The zero-order valence-corrected chi connectivity index (χ0v) is 9.34. The summed E-state index contributed by atoms with van der Waals surface area (Å²) in [7, 11) is 0. The standard InChI is InChI=1S/C13H16F2O/c1-2-9-6-7-13(16,8-9)10-4-3-5-11(14)12(10)15/h3-5,9,16H,2,6-8H2,1H3. The first kappa shape index (κ1) is 11.5. The van der Waals surface area contributed by atoms with Crippen LogP contribution in [0.4, 0.5) is 8.78 Å². The third-order valence-corrected chi connectivity index (χ3v) is 3.62. The number of benzene rings is 1. The van der Waals surface area contributed by atoms with Gasteiger partial charge in [-0.2, -0.15) is 0 Å². The van der Waals surface area contributed by atoms with Crippen molar-refractivity contribution in [1.82, 2.24) is 0 Å².